The molecule has 6 heteroatoms. The minimum atomic E-state index is -0.287. The number of anilines is 2. The molecule has 0 spiro atoms. The van der Waals surface area contributed by atoms with Crippen molar-refractivity contribution in [1.29, 1.82) is 0 Å². The molecule has 0 aliphatic heterocycles. The molecule has 0 saturated heterocycles. The van der Waals surface area contributed by atoms with Gasteiger partial charge in [-0.2, -0.15) is 0 Å². The molecule has 1 aromatic heterocycles. The molecule has 5 nitrogen and oxygen atoms in total. The lowest BCUT2D eigenvalue weighted by Gasteiger charge is -2.11. The number of hydrogen-bond acceptors (Lipinski definition) is 4. The van der Waals surface area contributed by atoms with Crippen LogP contribution in [0.2, 0.25) is 0 Å². The zero-order chi connectivity index (χ0) is 19.4. The predicted octanol–water partition coefficient (Wildman–Crippen LogP) is 4.88. The number of para-hydroxylation sites is 2. The van der Waals surface area contributed by atoms with Crippen LogP contribution in [0.3, 0.4) is 0 Å². The molecule has 138 valence electrons. The molecule has 3 aromatic rings. The van der Waals surface area contributed by atoms with Crippen molar-refractivity contribution in [3.05, 3.63) is 76.2 Å². The van der Waals surface area contributed by atoms with Crippen molar-refractivity contribution in [1.82, 2.24) is 0 Å². The van der Waals surface area contributed by atoms with E-state index >= 15 is 0 Å². The SMILES string of the molecule is COc1ccccc1NC(=O)c1c(NC(=O)c2ccccc2)sc(C)c1C. The monoisotopic (exact) mass is 380 g/mol. The van der Waals surface area contributed by atoms with Gasteiger partial charge in [0.05, 0.1) is 18.4 Å². The van der Waals surface area contributed by atoms with Gasteiger partial charge < -0.3 is 15.4 Å². The molecule has 27 heavy (non-hydrogen) atoms. The quantitative estimate of drug-likeness (QED) is 0.663. The summed E-state index contributed by atoms with van der Waals surface area (Å²) in [6.45, 7) is 3.80. The first kappa shape index (κ1) is 18.7. The summed E-state index contributed by atoms with van der Waals surface area (Å²) in [4.78, 5) is 26.4. The summed E-state index contributed by atoms with van der Waals surface area (Å²) in [5, 5.41) is 6.28. The minimum Gasteiger partial charge on any atom is -0.495 e. The minimum absolute atomic E-state index is 0.247. The molecule has 0 saturated carbocycles. The lowest BCUT2D eigenvalue weighted by atomic mass is 10.1. The van der Waals surface area contributed by atoms with Gasteiger partial charge in [0.25, 0.3) is 11.8 Å². The van der Waals surface area contributed by atoms with E-state index in [1.54, 1.807) is 43.5 Å². The Bertz CT molecular complexity index is 980. The van der Waals surface area contributed by atoms with Gasteiger partial charge in [-0.1, -0.05) is 30.3 Å². The summed E-state index contributed by atoms with van der Waals surface area (Å²) in [5.41, 5.74) is 2.43. The van der Waals surface area contributed by atoms with Crippen molar-refractivity contribution in [2.75, 3.05) is 17.7 Å². The number of carbonyl (C=O) groups is 2. The van der Waals surface area contributed by atoms with E-state index in [4.69, 9.17) is 4.74 Å². The van der Waals surface area contributed by atoms with Crippen molar-refractivity contribution < 1.29 is 14.3 Å². The average molecular weight is 380 g/mol. The van der Waals surface area contributed by atoms with Gasteiger partial charge in [0.15, 0.2) is 0 Å². The smallest absolute Gasteiger partial charge is 0.259 e. The molecular weight excluding hydrogens is 360 g/mol. The summed E-state index contributed by atoms with van der Waals surface area (Å²) in [6.07, 6.45) is 0. The summed E-state index contributed by atoms with van der Waals surface area (Å²) in [5.74, 6) is 0.0400. The van der Waals surface area contributed by atoms with E-state index in [9.17, 15) is 9.59 Å². The number of rotatable bonds is 5. The average Bonchev–Trinajstić information content (AvgIpc) is 2.96. The maximum Gasteiger partial charge on any atom is 0.259 e. The van der Waals surface area contributed by atoms with Crippen LogP contribution in [0.1, 0.15) is 31.2 Å². The van der Waals surface area contributed by atoms with Gasteiger partial charge in [-0.3, -0.25) is 9.59 Å². The molecule has 0 bridgehead atoms. The summed E-state index contributed by atoms with van der Waals surface area (Å²) < 4.78 is 5.29. The highest BCUT2D eigenvalue weighted by Crippen LogP contribution is 2.34. The number of thiophene rings is 1. The van der Waals surface area contributed by atoms with Crippen LogP contribution in [-0.4, -0.2) is 18.9 Å². The number of ether oxygens (including phenoxy) is 1. The van der Waals surface area contributed by atoms with E-state index in [-0.39, 0.29) is 11.8 Å². The van der Waals surface area contributed by atoms with Crippen molar-refractivity contribution in [2.24, 2.45) is 0 Å². The highest BCUT2D eigenvalue weighted by atomic mass is 32.1. The predicted molar refractivity (Wildman–Crippen MR) is 109 cm³/mol. The van der Waals surface area contributed by atoms with Crippen LogP contribution >= 0.6 is 11.3 Å². The van der Waals surface area contributed by atoms with Crippen LogP contribution < -0.4 is 15.4 Å². The van der Waals surface area contributed by atoms with E-state index in [0.29, 0.717) is 27.6 Å². The number of amides is 2. The third kappa shape index (κ3) is 4.01. The van der Waals surface area contributed by atoms with Gasteiger partial charge in [-0.25, -0.2) is 0 Å². The largest absolute Gasteiger partial charge is 0.495 e. The van der Waals surface area contributed by atoms with E-state index in [1.165, 1.54) is 11.3 Å². The maximum absolute atomic E-state index is 12.9. The Balaban J connectivity index is 1.89. The molecule has 0 unspecified atom stereocenters. The fraction of sp³-hybridized carbons (Fsp3) is 0.143. The van der Waals surface area contributed by atoms with Gasteiger partial charge in [-0.05, 0) is 43.7 Å². The van der Waals surface area contributed by atoms with Crippen molar-refractivity contribution in [3.8, 4) is 5.75 Å². The Labute approximate surface area is 162 Å². The van der Waals surface area contributed by atoms with Gasteiger partial charge in [0, 0.05) is 10.4 Å². The fourth-order valence-electron chi connectivity index (χ4n) is 2.69. The summed E-state index contributed by atoms with van der Waals surface area (Å²) >= 11 is 1.39. The summed E-state index contributed by atoms with van der Waals surface area (Å²) in [7, 11) is 1.55. The van der Waals surface area contributed by atoms with Crippen molar-refractivity contribution in [3.63, 3.8) is 0 Å². The Hall–Kier alpha value is -3.12. The first-order valence-corrected chi connectivity index (χ1v) is 9.23. The molecule has 0 aliphatic carbocycles. The first-order chi connectivity index (χ1) is 13.0. The molecule has 1 heterocycles. The third-order valence-corrected chi connectivity index (χ3v) is 5.35. The topological polar surface area (TPSA) is 67.4 Å². The number of nitrogens with one attached hydrogen (secondary N) is 2. The zero-order valence-corrected chi connectivity index (χ0v) is 16.1. The number of methoxy groups -OCH3 is 1. The molecule has 0 fully saturated rings. The van der Waals surface area contributed by atoms with Gasteiger partial charge in [0.2, 0.25) is 0 Å². The van der Waals surface area contributed by atoms with Crippen LogP contribution in [-0.2, 0) is 0 Å². The summed E-state index contributed by atoms with van der Waals surface area (Å²) in [6, 6.07) is 16.1. The second kappa shape index (κ2) is 8.05. The van der Waals surface area contributed by atoms with E-state index in [2.05, 4.69) is 10.6 Å². The molecule has 2 N–H and O–H groups in total. The Morgan fingerprint density at radius 2 is 1.56 bits per heavy atom. The maximum atomic E-state index is 12.9. The lowest BCUT2D eigenvalue weighted by Crippen LogP contribution is -2.17. The second-order valence-electron chi connectivity index (χ2n) is 5.96. The van der Waals surface area contributed by atoms with Crippen molar-refractivity contribution in [2.45, 2.75) is 13.8 Å². The second-order valence-corrected chi connectivity index (χ2v) is 7.19. The number of benzene rings is 2. The standard InChI is InChI=1S/C21H20N2O3S/c1-13-14(2)27-21(23-19(24)15-9-5-4-6-10-15)18(13)20(25)22-16-11-7-8-12-17(16)26-3/h4-12H,1-3H3,(H,22,25)(H,23,24). The molecule has 0 aliphatic rings. The molecule has 3 rings (SSSR count). The number of aryl methyl sites for hydroxylation is 1. The highest BCUT2D eigenvalue weighted by molar-refractivity contribution is 7.16. The zero-order valence-electron chi connectivity index (χ0n) is 15.3. The van der Waals surface area contributed by atoms with Gasteiger partial charge >= 0.3 is 0 Å². The van der Waals surface area contributed by atoms with Gasteiger partial charge in [0.1, 0.15) is 10.8 Å². The van der Waals surface area contributed by atoms with E-state index in [0.717, 1.165) is 10.4 Å². The molecule has 2 aromatic carbocycles. The van der Waals surface area contributed by atoms with Crippen LogP contribution in [0.15, 0.2) is 54.6 Å². The molecular formula is C21H20N2O3S. The molecule has 2 amide bonds. The Morgan fingerprint density at radius 1 is 0.889 bits per heavy atom. The number of hydrogen-bond donors (Lipinski definition) is 2. The highest BCUT2D eigenvalue weighted by Gasteiger charge is 2.22. The van der Waals surface area contributed by atoms with E-state index in [1.807, 2.05) is 32.0 Å². The van der Waals surface area contributed by atoms with Crippen LogP contribution in [0, 0.1) is 13.8 Å². The Kier molecular flexibility index (Phi) is 5.57. The normalized spacial score (nSPS) is 10.3. The number of carbonyl (C=O) groups excluding carboxylic acids is 2. The van der Waals surface area contributed by atoms with E-state index < -0.39 is 0 Å². The molecule has 0 atom stereocenters. The lowest BCUT2D eigenvalue weighted by molar-refractivity contribution is 0.102. The molecule has 0 radical (unpaired) electrons. The fourth-order valence-corrected chi connectivity index (χ4v) is 3.74. The van der Waals surface area contributed by atoms with Crippen LogP contribution in [0.5, 0.6) is 5.75 Å². The van der Waals surface area contributed by atoms with Gasteiger partial charge in [-0.15, -0.1) is 11.3 Å². The Morgan fingerprint density at radius 3 is 2.26 bits per heavy atom. The third-order valence-electron chi connectivity index (χ3n) is 4.23. The van der Waals surface area contributed by atoms with Crippen molar-refractivity contribution >= 4 is 33.8 Å². The first-order valence-electron chi connectivity index (χ1n) is 8.42. The van der Waals surface area contributed by atoms with Crippen LogP contribution in [0.4, 0.5) is 10.7 Å². The van der Waals surface area contributed by atoms with Crippen LogP contribution in [0.25, 0.3) is 0 Å².